The number of aromatic nitrogens is 1. The first kappa shape index (κ1) is 12.0. The lowest BCUT2D eigenvalue weighted by Gasteiger charge is -2.26. The first-order chi connectivity index (χ1) is 7.00. The number of primary amides is 1. The third-order valence-corrected chi connectivity index (χ3v) is 2.42. The van der Waals surface area contributed by atoms with E-state index >= 15 is 0 Å². The van der Waals surface area contributed by atoms with Crippen LogP contribution in [0.3, 0.4) is 0 Å². The van der Waals surface area contributed by atoms with Crippen molar-refractivity contribution in [2.24, 2.45) is 5.73 Å². The normalized spacial score (nSPS) is 10.4. The van der Waals surface area contributed by atoms with Crippen LogP contribution in [0.4, 0.5) is 5.82 Å². The Kier molecular flexibility index (Phi) is 4.08. The molecule has 0 saturated carbocycles. The predicted molar refractivity (Wildman–Crippen MR) is 63.6 cm³/mol. The maximum Gasteiger partial charge on any atom is 0.237 e. The van der Waals surface area contributed by atoms with E-state index in [9.17, 15) is 4.79 Å². The molecule has 4 nitrogen and oxygen atoms in total. The minimum atomic E-state index is -0.353. The molecule has 0 atom stereocenters. The van der Waals surface area contributed by atoms with Crippen LogP contribution in [0.25, 0.3) is 0 Å². The lowest BCUT2D eigenvalue weighted by atomic mass is 10.3. The molecule has 0 aliphatic heterocycles. The van der Waals surface area contributed by atoms with Crippen LogP contribution in [0.1, 0.15) is 13.8 Å². The summed E-state index contributed by atoms with van der Waals surface area (Å²) in [6.45, 7) is 4.17. The largest absolute Gasteiger partial charge is 0.368 e. The van der Waals surface area contributed by atoms with E-state index in [0.717, 1.165) is 10.3 Å². The molecule has 5 heteroatoms. The molecule has 15 heavy (non-hydrogen) atoms. The number of nitrogens with zero attached hydrogens (tertiary/aromatic N) is 2. The SMILES string of the molecule is CC(C)N(CC(N)=O)c1ccc(Br)cn1. The van der Waals surface area contributed by atoms with E-state index in [1.807, 2.05) is 30.9 Å². The van der Waals surface area contributed by atoms with Gasteiger partial charge in [0.15, 0.2) is 0 Å². The average Bonchev–Trinajstić information content (AvgIpc) is 2.15. The maximum atomic E-state index is 10.9. The standard InChI is InChI=1S/C10H14BrN3O/c1-7(2)14(6-9(12)15)10-4-3-8(11)5-13-10/h3-5,7H,6H2,1-2H3,(H2,12,15). The van der Waals surface area contributed by atoms with Gasteiger partial charge in [-0.05, 0) is 41.9 Å². The summed E-state index contributed by atoms with van der Waals surface area (Å²) in [5, 5.41) is 0. The van der Waals surface area contributed by atoms with E-state index in [-0.39, 0.29) is 18.5 Å². The molecule has 1 rings (SSSR count). The topological polar surface area (TPSA) is 59.2 Å². The molecular weight excluding hydrogens is 258 g/mol. The van der Waals surface area contributed by atoms with E-state index < -0.39 is 0 Å². The van der Waals surface area contributed by atoms with E-state index in [1.54, 1.807) is 6.20 Å². The zero-order chi connectivity index (χ0) is 11.4. The van der Waals surface area contributed by atoms with E-state index in [1.165, 1.54) is 0 Å². The highest BCUT2D eigenvalue weighted by Gasteiger charge is 2.13. The number of anilines is 1. The van der Waals surface area contributed by atoms with Crippen molar-refractivity contribution in [2.45, 2.75) is 19.9 Å². The molecule has 82 valence electrons. The molecule has 0 radical (unpaired) electrons. The van der Waals surface area contributed by atoms with Crippen LogP contribution >= 0.6 is 15.9 Å². The molecule has 1 aromatic heterocycles. The van der Waals surface area contributed by atoms with Crippen LogP contribution < -0.4 is 10.6 Å². The van der Waals surface area contributed by atoms with Gasteiger partial charge in [-0.3, -0.25) is 4.79 Å². The average molecular weight is 272 g/mol. The van der Waals surface area contributed by atoms with Gasteiger partial charge >= 0.3 is 0 Å². The molecular formula is C10H14BrN3O. The highest BCUT2D eigenvalue weighted by molar-refractivity contribution is 9.10. The Morgan fingerprint density at radius 3 is 2.67 bits per heavy atom. The van der Waals surface area contributed by atoms with Gasteiger partial charge in [-0.15, -0.1) is 0 Å². The molecule has 0 aliphatic carbocycles. The number of pyridine rings is 1. The lowest BCUT2D eigenvalue weighted by molar-refractivity contribution is -0.116. The molecule has 2 N–H and O–H groups in total. The molecule has 0 fully saturated rings. The zero-order valence-corrected chi connectivity index (χ0v) is 10.4. The molecule has 0 spiro atoms. The van der Waals surface area contributed by atoms with Crippen molar-refractivity contribution in [3.8, 4) is 0 Å². The number of amides is 1. The Morgan fingerprint density at radius 1 is 1.60 bits per heavy atom. The summed E-state index contributed by atoms with van der Waals surface area (Å²) >= 11 is 3.31. The van der Waals surface area contributed by atoms with Gasteiger partial charge in [0.1, 0.15) is 5.82 Å². The van der Waals surface area contributed by atoms with E-state index in [0.29, 0.717) is 0 Å². The quantitative estimate of drug-likeness (QED) is 0.904. The fourth-order valence-electron chi connectivity index (χ4n) is 1.23. The Labute approximate surface area is 97.6 Å². The number of rotatable bonds is 4. The molecule has 0 bridgehead atoms. The van der Waals surface area contributed by atoms with Crippen molar-refractivity contribution in [3.63, 3.8) is 0 Å². The van der Waals surface area contributed by atoms with Gasteiger partial charge in [0.25, 0.3) is 0 Å². The maximum absolute atomic E-state index is 10.9. The highest BCUT2D eigenvalue weighted by Crippen LogP contribution is 2.16. The Hall–Kier alpha value is -1.10. The fourth-order valence-corrected chi connectivity index (χ4v) is 1.47. The second-order valence-electron chi connectivity index (χ2n) is 3.52. The third-order valence-electron chi connectivity index (χ3n) is 1.96. The zero-order valence-electron chi connectivity index (χ0n) is 8.77. The molecule has 0 unspecified atom stereocenters. The van der Waals surface area contributed by atoms with Crippen LogP contribution in [0, 0.1) is 0 Å². The van der Waals surface area contributed by atoms with Crippen molar-refractivity contribution < 1.29 is 4.79 Å². The van der Waals surface area contributed by atoms with Crippen LogP contribution in [0.5, 0.6) is 0 Å². The number of halogens is 1. The van der Waals surface area contributed by atoms with Crippen molar-refractivity contribution in [2.75, 3.05) is 11.4 Å². The van der Waals surface area contributed by atoms with Gasteiger partial charge in [0.2, 0.25) is 5.91 Å². The molecule has 0 aromatic carbocycles. The number of carbonyl (C=O) groups excluding carboxylic acids is 1. The number of nitrogens with two attached hydrogens (primary N) is 1. The summed E-state index contributed by atoms with van der Waals surface area (Å²) in [6.07, 6.45) is 1.70. The van der Waals surface area contributed by atoms with Gasteiger partial charge in [0.05, 0.1) is 6.54 Å². The third kappa shape index (κ3) is 3.51. The number of carbonyl (C=O) groups is 1. The van der Waals surface area contributed by atoms with Crippen LogP contribution in [-0.4, -0.2) is 23.5 Å². The first-order valence-corrected chi connectivity index (χ1v) is 5.46. The second-order valence-corrected chi connectivity index (χ2v) is 4.44. The Balaban J connectivity index is 2.88. The van der Waals surface area contributed by atoms with Gasteiger partial charge in [-0.1, -0.05) is 0 Å². The monoisotopic (exact) mass is 271 g/mol. The summed E-state index contributed by atoms with van der Waals surface area (Å²) in [5.74, 6) is 0.403. The molecule has 0 aliphatic rings. The highest BCUT2D eigenvalue weighted by atomic mass is 79.9. The molecule has 1 aromatic rings. The summed E-state index contributed by atoms with van der Waals surface area (Å²) in [7, 11) is 0. The molecule has 0 saturated heterocycles. The van der Waals surface area contributed by atoms with Crippen molar-refractivity contribution >= 4 is 27.7 Å². The minimum Gasteiger partial charge on any atom is -0.368 e. The minimum absolute atomic E-state index is 0.186. The van der Waals surface area contributed by atoms with Gasteiger partial charge in [-0.2, -0.15) is 0 Å². The van der Waals surface area contributed by atoms with Crippen LogP contribution in [0.15, 0.2) is 22.8 Å². The molecule has 1 heterocycles. The molecule has 1 amide bonds. The smallest absolute Gasteiger partial charge is 0.237 e. The summed E-state index contributed by atoms with van der Waals surface area (Å²) in [6, 6.07) is 3.93. The van der Waals surface area contributed by atoms with Crippen molar-refractivity contribution in [3.05, 3.63) is 22.8 Å². The van der Waals surface area contributed by atoms with Crippen molar-refractivity contribution in [1.82, 2.24) is 4.98 Å². The summed E-state index contributed by atoms with van der Waals surface area (Å²) in [4.78, 5) is 17.0. The Morgan fingerprint density at radius 2 is 2.27 bits per heavy atom. The van der Waals surface area contributed by atoms with Crippen LogP contribution in [0.2, 0.25) is 0 Å². The lowest BCUT2D eigenvalue weighted by Crippen LogP contribution is -2.39. The van der Waals surface area contributed by atoms with Crippen molar-refractivity contribution in [1.29, 1.82) is 0 Å². The van der Waals surface area contributed by atoms with E-state index in [2.05, 4.69) is 20.9 Å². The predicted octanol–water partition coefficient (Wildman–Crippen LogP) is 1.54. The number of hydrogen-bond donors (Lipinski definition) is 1. The Bertz CT molecular complexity index is 337. The van der Waals surface area contributed by atoms with Crippen LogP contribution in [-0.2, 0) is 4.79 Å². The number of hydrogen-bond acceptors (Lipinski definition) is 3. The van der Waals surface area contributed by atoms with E-state index in [4.69, 9.17) is 5.73 Å². The van der Waals surface area contributed by atoms with Gasteiger partial charge in [0, 0.05) is 16.7 Å². The second kappa shape index (κ2) is 5.11. The summed E-state index contributed by atoms with van der Waals surface area (Å²) < 4.78 is 0.911. The summed E-state index contributed by atoms with van der Waals surface area (Å²) in [5.41, 5.74) is 5.18. The first-order valence-electron chi connectivity index (χ1n) is 4.67. The fraction of sp³-hybridized carbons (Fsp3) is 0.400. The van der Waals surface area contributed by atoms with Gasteiger partial charge < -0.3 is 10.6 Å². The van der Waals surface area contributed by atoms with Gasteiger partial charge in [-0.25, -0.2) is 4.98 Å².